The lowest BCUT2D eigenvalue weighted by Crippen LogP contribution is -2.64. The van der Waals surface area contributed by atoms with E-state index >= 15 is 0 Å². The number of carboxylic acid groups (broad SMARTS) is 2. The molecular weight excluding hydrogens is 398 g/mol. The minimum Gasteiger partial charge on any atom is -0.481 e. The fourth-order valence-electron chi connectivity index (χ4n) is 3.81. The van der Waals surface area contributed by atoms with E-state index in [2.05, 4.69) is 5.32 Å². The summed E-state index contributed by atoms with van der Waals surface area (Å²) in [5, 5.41) is 22.6. The molecule has 166 valence electrons. The molecular formula is C24H29NO6. The van der Waals surface area contributed by atoms with Crippen LogP contribution < -0.4 is 5.32 Å². The van der Waals surface area contributed by atoms with Gasteiger partial charge in [0.05, 0.1) is 5.92 Å². The van der Waals surface area contributed by atoms with Crippen molar-refractivity contribution in [3.05, 3.63) is 71.8 Å². The van der Waals surface area contributed by atoms with Crippen molar-refractivity contribution in [3.63, 3.8) is 0 Å². The summed E-state index contributed by atoms with van der Waals surface area (Å²) in [4.78, 5) is 37.3. The third-order valence-electron chi connectivity index (χ3n) is 5.18. The summed E-state index contributed by atoms with van der Waals surface area (Å²) < 4.78 is 5.22. The number of carbonyl (C=O) groups is 3. The molecule has 0 saturated carbocycles. The fourth-order valence-corrected chi connectivity index (χ4v) is 3.81. The number of alkyl carbamates (subject to hydrolysis) is 1. The molecule has 0 heterocycles. The van der Waals surface area contributed by atoms with Gasteiger partial charge >= 0.3 is 18.0 Å². The topological polar surface area (TPSA) is 113 Å². The second-order valence-electron chi connectivity index (χ2n) is 8.59. The van der Waals surface area contributed by atoms with Crippen LogP contribution in [0, 0.1) is 11.3 Å². The van der Waals surface area contributed by atoms with E-state index in [4.69, 9.17) is 4.74 Å². The molecule has 7 nitrogen and oxygen atoms in total. The number of carbonyl (C=O) groups excluding carboxylic acids is 1. The maximum absolute atomic E-state index is 12.6. The number of ether oxygens (including phenoxy) is 1. The van der Waals surface area contributed by atoms with E-state index in [1.165, 1.54) is 0 Å². The molecule has 31 heavy (non-hydrogen) atoms. The molecule has 3 N–H and O–H groups in total. The van der Waals surface area contributed by atoms with Crippen LogP contribution in [0.25, 0.3) is 0 Å². The van der Waals surface area contributed by atoms with Crippen LogP contribution in [0.1, 0.15) is 38.3 Å². The third kappa shape index (κ3) is 6.31. The highest BCUT2D eigenvalue weighted by Crippen LogP contribution is 2.38. The molecule has 2 aromatic rings. The Labute approximate surface area is 182 Å². The normalized spacial score (nSPS) is 14.2. The van der Waals surface area contributed by atoms with Crippen LogP contribution in [-0.4, -0.2) is 33.8 Å². The standard InChI is InChI=1S/C24H29NO6/c1-23(2,3)19(20(26)27)24(21(28)29,15-14-17-10-6-4-7-11-17)25-22(30)31-16-18-12-8-5-9-13-18/h4-13,19H,14-16H2,1-3H3,(H,25,30)(H,26,27)(H,28,29)/t19?,24-/m0/s1. The lowest BCUT2D eigenvalue weighted by Gasteiger charge is -2.41. The monoisotopic (exact) mass is 427 g/mol. The van der Waals surface area contributed by atoms with Gasteiger partial charge in [0.25, 0.3) is 0 Å². The van der Waals surface area contributed by atoms with Gasteiger partial charge in [0.2, 0.25) is 0 Å². The molecule has 2 rings (SSSR count). The molecule has 0 fully saturated rings. The van der Waals surface area contributed by atoms with Crippen molar-refractivity contribution in [1.82, 2.24) is 5.32 Å². The van der Waals surface area contributed by atoms with Gasteiger partial charge < -0.3 is 20.3 Å². The largest absolute Gasteiger partial charge is 0.481 e. The predicted octanol–water partition coefficient (Wildman–Crippen LogP) is 4.12. The first kappa shape index (κ1) is 23.9. The summed E-state index contributed by atoms with van der Waals surface area (Å²) in [6, 6.07) is 18.1. The first-order valence-electron chi connectivity index (χ1n) is 10.1. The van der Waals surface area contributed by atoms with Crippen LogP contribution in [0.3, 0.4) is 0 Å². The van der Waals surface area contributed by atoms with Gasteiger partial charge in [-0.3, -0.25) is 4.79 Å². The highest BCUT2D eigenvalue weighted by atomic mass is 16.5. The van der Waals surface area contributed by atoms with E-state index in [1.54, 1.807) is 45.0 Å². The first-order valence-corrected chi connectivity index (χ1v) is 10.1. The maximum atomic E-state index is 12.6. The number of amides is 1. The van der Waals surface area contributed by atoms with Gasteiger partial charge in [-0.15, -0.1) is 0 Å². The maximum Gasteiger partial charge on any atom is 0.408 e. The van der Waals surface area contributed by atoms with E-state index in [0.717, 1.165) is 11.1 Å². The van der Waals surface area contributed by atoms with Crippen molar-refractivity contribution >= 4 is 18.0 Å². The number of aliphatic carboxylic acids is 2. The molecule has 2 aromatic carbocycles. The Morgan fingerprint density at radius 2 is 1.42 bits per heavy atom. The van der Waals surface area contributed by atoms with Gasteiger partial charge in [0.1, 0.15) is 6.61 Å². The number of rotatable bonds is 9. The Hall–Kier alpha value is -3.35. The number of benzene rings is 2. The minimum absolute atomic E-state index is 0.0612. The lowest BCUT2D eigenvalue weighted by atomic mass is 9.66. The highest BCUT2D eigenvalue weighted by Gasteiger charge is 2.55. The SMILES string of the molecule is CC(C)(C)C(C(=O)O)[C@](CCc1ccccc1)(NC(=O)OCc1ccccc1)C(=O)O. The summed E-state index contributed by atoms with van der Waals surface area (Å²) in [5.41, 5.74) is -1.44. The molecule has 0 aliphatic carbocycles. The Kier molecular flexibility index (Phi) is 7.80. The molecule has 0 saturated heterocycles. The van der Waals surface area contributed by atoms with Crippen LogP contribution in [-0.2, 0) is 27.4 Å². The van der Waals surface area contributed by atoms with E-state index in [1.807, 2.05) is 36.4 Å². The van der Waals surface area contributed by atoms with Crippen molar-refractivity contribution < 1.29 is 29.3 Å². The number of nitrogens with one attached hydrogen (secondary N) is 1. The van der Waals surface area contributed by atoms with Gasteiger partial charge in [-0.05, 0) is 29.4 Å². The zero-order chi connectivity index (χ0) is 23.1. The Bertz CT molecular complexity index is 891. The zero-order valence-electron chi connectivity index (χ0n) is 18.0. The second-order valence-corrected chi connectivity index (χ2v) is 8.59. The molecule has 2 atom stereocenters. The van der Waals surface area contributed by atoms with Gasteiger partial charge in [-0.25, -0.2) is 9.59 Å². The molecule has 0 aromatic heterocycles. The quantitative estimate of drug-likeness (QED) is 0.555. The number of aryl methyl sites for hydroxylation is 1. The van der Waals surface area contributed by atoms with Crippen LogP contribution in [0.5, 0.6) is 0 Å². The summed E-state index contributed by atoms with van der Waals surface area (Å²) in [6.07, 6.45) is -0.817. The Balaban J connectivity index is 2.34. The smallest absolute Gasteiger partial charge is 0.408 e. The van der Waals surface area contributed by atoms with Gasteiger partial charge in [0, 0.05) is 0 Å². The first-order chi connectivity index (χ1) is 14.6. The molecule has 7 heteroatoms. The summed E-state index contributed by atoms with van der Waals surface area (Å²) in [5.74, 6) is -4.11. The molecule has 1 amide bonds. The average molecular weight is 427 g/mol. The van der Waals surface area contributed by atoms with Crippen molar-refractivity contribution in [2.45, 2.75) is 45.8 Å². The molecule has 1 unspecified atom stereocenters. The number of carboxylic acids is 2. The van der Waals surface area contributed by atoms with Crippen LogP contribution >= 0.6 is 0 Å². The van der Waals surface area contributed by atoms with Crippen molar-refractivity contribution in [1.29, 1.82) is 0 Å². The number of hydrogen-bond donors (Lipinski definition) is 3. The minimum atomic E-state index is -2.06. The third-order valence-corrected chi connectivity index (χ3v) is 5.18. The van der Waals surface area contributed by atoms with Crippen LogP contribution in [0.2, 0.25) is 0 Å². The number of hydrogen-bond acceptors (Lipinski definition) is 4. The summed E-state index contributed by atoms with van der Waals surface area (Å²) in [6.45, 7) is 4.86. The van der Waals surface area contributed by atoms with Gasteiger partial charge in [-0.2, -0.15) is 0 Å². The molecule has 0 radical (unpaired) electrons. The Morgan fingerprint density at radius 3 is 1.87 bits per heavy atom. The second kappa shape index (κ2) is 10.1. The van der Waals surface area contributed by atoms with E-state index in [0.29, 0.717) is 0 Å². The average Bonchev–Trinajstić information content (AvgIpc) is 2.70. The van der Waals surface area contributed by atoms with Crippen LogP contribution in [0.4, 0.5) is 4.79 Å². The fraction of sp³-hybridized carbons (Fsp3) is 0.375. The molecule has 0 aliphatic heterocycles. The van der Waals surface area contributed by atoms with Crippen molar-refractivity contribution in [2.24, 2.45) is 11.3 Å². The van der Waals surface area contributed by atoms with Crippen molar-refractivity contribution in [3.8, 4) is 0 Å². The van der Waals surface area contributed by atoms with Gasteiger partial charge in [0.15, 0.2) is 5.54 Å². The van der Waals surface area contributed by atoms with Crippen molar-refractivity contribution in [2.75, 3.05) is 0 Å². The summed E-state index contributed by atoms with van der Waals surface area (Å²) in [7, 11) is 0. The zero-order valence-corrected chi connectivity index (χ0v) is 18.0. The van der Waals surface area contributed by atoms with E-state index in [-0.39, 0.29) is 19.4 Å². The van der Waals surface area contributed by atoms with Gasteiger partial charge in [-0.1, -0.05) is 81.4 Å². The molecule has 0 bridgehead atoms. The Morgan fingerprint density at radius 1 is 0.903 bits per heavy atom. The van der Waals surface area contributed by atoms with E-state index in [9.17, 15) is 24.6 Å². The lowest BCUT2D eigenvalue weighted by molar-refractivity contribution is -0.162. The molecule has 0 aliphatic rings. The highest BCUT2D eigenvalue weighted by molar-refractivity contribution is 5.91. The van der Waals surface area contributed by atoms with Crippen LogP contribution in [0.15, 0.2) is 60.7 Å². The predicted molar refractivity (Wildman–Crippen MR) is 115 cm³/mol. The van der Waals surface area contributed by atoms with E-state index < -0.39 is 34.9 Å². The molecule has 0 spiro atoms. The summed E-state index contributed by atoms with van der Waals surface area (Å²) >= 11 is 0.